The fraction of sp³-hybridized carbons (Fsp3) is 0.526. The summed E-state index contributed by atoms with van der Waals surface area (Å²) in [5.41, 5.74) is 3.23. The van der Waals surface area contributed by atoms with Gasteiger partial charge in [0.15, 0.2) is 9.84 Å². The van der Waals surface area contributed by atoms with Gasteiger partial charge < -0.3 is 9.64 Å². The molecule has 8 heteroatoms. The highest BCUT2D eigenvalue weighted by Gasteiger charge is 2.31. The average Bonchev–Trinajstić information content (AvgIpc) is 3.10. The molecule has 2 heterocycles. The van der Waals surface area contributed by atoms with Crippen LogP contribution in [0.4, 0.5) is 0 Å². The summed E-state index contributed by atoms with van der Waals surface area (Å²) >= 11 is 6.11. The van der Waals surface area contributed by atoms with Crippen molar-refractivity contribution in [3.05, 3.63) is 46.2 Å². The molecule has 27 heavy (non-hydrogen) atoms. The second-order valence-electron chi connectivity index (χ2n) is 7.31. The number of halogens is 1. The number of sulfone groups is 1. The Bertz CT molecular complexity index is 911. The summed E-state index contributed by atoms with van der Waals surface area (Å²) in [7, 11) is -0.805. The first-order valence-electron chi connectivity index (χ1n) is 9.20. The lowest BCUT2D eigenvalue weighted by Crippen LogP contribution is -3.08. The predicted molar refractivity (Wildman–Crippen MR) is 106 cm³/mol. The van der Waals surface area contributed by atoms with Crippen LogP contribution in [0.5, 0.6) is 5.75 Å². The van der Waals surface area contributed by atoms with Crippen LogP contribution in [0.25, 0.3) is 0 Å². The van der Waals surface area contributed by atoms with Crippen LogP contribution in [-0.4, -0.2) is 49.9 Å². The zero-order valence-electron chi connectivity index (χ0n) is 16.0. The van der Waals surface area contributed by atoms with E-state index >= 15 is 0 Å². The normalized spacial score (nSPS) is 19.9. The lowest BCUT2D eigenvalue weighted by atomic mass is 10.1. The number of hydrogen-bond acceptors (Lipinski definition) is 4. The van der Waals surface area contributed by atoms with Crippen molar-refractivity contribution in [3.63, 3.8) is 0 Å². The van der Waals surface area contributed by atoms with Gasteiger partial charge in [0.2, 0.25) is 0 Å². The minimum absolute atomic E-state index is 0.0358. The third-order valence-electron chi connectivity index (χ3n) is 5.13. The molecule has 0 amide bonds. The van der Waals surface area contributed by atoms with Crippen molar-refractivity contribution in [2.24, 2.45) is 0 Å². The van der Waals surface area contributed by atoms with Gasteiger partial charge in [-0.1, -0.05) is 23.7 Å². The van der Waals surface area contributed by atoms with Crippen molar-refractivity contribution >= 4 is 21.4 Å². The molecular formula is C19H27ClN3O3S+. The van der Waals surface area contributed by atoms with E-state index in [1.807, 2.05) is 42.8 Å². The van der Waals surface area contributed by atoms with Crippen molar-refractivity contribution in [2.75, 3.05) is 31.7 Å². The minimum Gasteiger partial charge on any atom is -0.486 e. The Morgan fingerprint density at radius 1 is 1.33 bits per heavy atom. The first kappa shape index (κ1) is 20.2. The number of rotatable bonds is 7. The molecule has 0 bridgehead atoms. The van der Waals surface area contributed by atoms with Gasteiger partial charge in [0, 0.05) is 5.69 Å². The molecular weight excluding hydrogens is 386 g/mol. The molecule has 6 nitrogen and oxygen atoms in total. The molecule has 1 aromatic heterocycles. The monoisotopic (exact) mass is 412 g/mol. The zero-order chi connectivity index (χ0) is 19.6. The van der Waals surface area contributed by atoms with E-state index in [4.69, 9.17) is 16.3 Å². The van der Waals surface area contributed by atoms with Gasteiger partial charge >= 0.3 is 0 Å². The zero-order valence-corrected chi connectivity index (χ0v) is 17.6. The molecule has 1 saturated heterocycles. The van der Waals surface area contributed by atoms with E-state index in [2.05, 4.69) is 12.1 Å². The molecule has 1 unspecified atom stereocenters. The van der Waals surface area contributed by atoms with E-state index in [0.29, 0.717) is 23.8 Å². The first-order valence-corrected chi connectivity index (χ1v) is 11.4. The highest BCUT2D eigenvalue weighted by atomic mass is 35.5. The van der Waals surface area contributed by atoms with Crippen molar-refractivity contribution in [1.29, 1.82) is 0 Å². The minimum atomic E-state index is -2.92. The third-order valence-corrected chi connectivity index (χ3v) is 7.19. The fourth-order valence-electron chi connectivity index (χ4n) is 3.56. The third kappa shape index (κ3) is 4.83. The molecule has 0 spiro atoms. The lowest BCUT2D eigenvalue weighted by molar-refractivity contribution is -0.893. The predicted octanol–water partition coefficient (Wildman–Crippen LogP) is 1.61. The van der Waals surface area contributed by atoms with Crippen LogP contribution in [0.2, 0.25) is 5.02 Å². The van der Waals surface area contributed by atoms with Crippen molar-refractivity contribution in [1.82, 2.24) is 9.78 Å². The van der Waals surface area contributed by atoms with E-state index < -0.39 is 9.84 Å². The van der Waals surface area contributed by atoms with E-state index in [-0.39, 0.29) is 17.5 Å². The van der Waals surface area contributed by atoms with Crippen molar-refractivity contribution in [3.8, 4) is 5.75 Å². The lowest BCUT2D eigenvalue weighted by Gasteiger charge is -2.16. The molecule has 0 saturated carbocycles. The van der Waals surface area contributed by atoms with Crippen LogP contribution in [-0.2, 0) is 16.4 Å². The summed E-state index contributed by atoms with van der Waals surface area (Å²) in [4.78, 5) is 1.30. The Balaban J connectivity index is 1.59. The van der Waals surface area contributed by atoms with E-state index in [1.165, 1.54) is 10.5 Å². The molecule has 1 fully saturated rings. The quantitative estimate of drug-likeness (QED) is 0.750. The Morgan fingerprint density at radius 3 is 2.74 bits per heavy atom. The molecule has 0 aliphatic carbocycles. The molecule has 1 N–H and O–H groups in total. The van der Waals surface area contributed by atoms with Gasteiger partial charge in [0.25, 0.3) is 0 Å². The number of aromatic nitrogens is 2. The van der Waals surface area contributed by atoms with Crippen LogP contribution >= 0.6 is 11.6 Å². The number of para-hydroxylation sites is 1. The van der Waals surface area contributed by atoms with E-state index in [0.717, 1.165) is 24.5 Å². The van der Waals surface area contributed by atoms with Crippen molar-refractivity contribution < 1.29 is 18.1 Å². The van der Waals surface area contributed by atoms with Crippen LogP contribution < -0.4 is 9.64 Å². The summed E-state index contributed by atoms with van der Waals surface area (Å²) in [6.07, 6.45) is 0.651. The van der Waals surface area contributed by atoms with Crippen LogP contribution in [0.15, 0.2) is 24.3 Å². The van der Waals surface area contributed by atoms with Gasteiger partial charge in [0.05, 0.1) is 40.9 Å². The molecule has 148 valence electrons. The Kier molecular flexibility index (Phi) is 6.13. The Hall–Kier alpha value is -1.57. The van der Waals surface area contributed by atoms with Gasteiger partial charge in [-0.25, -0.2) is 8.42 Å². The highest BCUT2D eigenvalue weighted by molar-refractivity contribution is 7.91. The number of ether oxygens (including phenoxy) is 1. The summed E-state index contributed by atoms with van der Waals surface area (Å²) in [6, 6.07) is 7.43. The summed E-state index contributed by atoms with van der Waals surface area (Å²) in [5, 5.41) is 5.26. The standard InChI is InChI=1S/C19H26ClN3O3S/c1-14-17(15(2)23(21-14)16-8-11-27(24,25)13-16)12-22(3)9-10-26-19-7-5-4-6-18(19)20/h4-7,16H,8-13H2,1-3H3/p+1/t16-/m1/s1. The van der Waals surface area contributed by atoms with E-state index in [1.54, 1.807) is 0 Å². The number of nitrogens with one attached hydrogen (secondary N) is 1. The second-order valence-corrected chi connectivity index (χ2v) is 9.95. The van der Waals surface area contributed by atoms with Crippen molar-refractivity contribution in [2.45, 2.75) is 32.9 Å². The van der Waals surface area contributed by atoms with Gasteiger partial charge in [-0.05, 0) is 32.4 Å². The fourth-order valence-corrected chi connectivity index (χ4v) is 5.45. The summed E-state index contributed by atoms with van der Waals surface area (Å²) < 4.78 is 31.3. The molecule has 1 aromatic carbocycles. The second kappa shape index (κ2) is 8.20. The van der Waals surface area contributed by atoms with Crippen LogP contribution in [0, 0.1) is 13.8 Å². The van der Waals surface area contributed by atoms with Crippen LogP contribution in [0.3, 0.4) is 0 Å². The Morgan fingerprint density at radius 2 is 2.07 bits per heavy atom. The molecule has 1 aliphatic rings. The molecule has 3 rings (SSSR count). The number of hydrogen-bond donors (Lipinski definition) is 1. The number of nitrogens with zero attached hydrogens (tertiary/aromatic N) is 2. The summed E-state index contributed by atoms with van der Waals surface area (Å²) in [6.45, 7) is 6.25. The maximum atomic E-state index is 11.8. The maximum Gasteiger partial charge on any atom is 0.152 e. The molecule has 0 radical (unpaired) electrons. The first-order chi connectivity index (χ1) is 12.8. The number of aryl methyl sites for hydroxylation is 1. The van der Waals surface area contributed by atoms with Gasteiger partial charge in [-0.15, -0.1) is 0 Å². The van der Waals surface area contributed by atoms with Gasteiger partial charge in [0.1, 0.15) is 25.4 Å². The molecule has 2 atom stereocenters. The average molecular weight is 413 g/mol. The number of benzene rings is 1. The number of quaternary nitrogens is 1. The van der Waals surface area contributed by atoms with Gasteiger partial charge in [-0.3, -0.25) is 4.68 Å². The smallest absolute Gasteiger partial charge is 0.152 e. The molecule has 1 aliphatic heterocycles. The van der Waals surface area contributed by atoms with Crippen LogP contribution in [0.1, 0.15) is 29.4 Å². The largest absolute Gasteiger partial charge is 0.486 e. The maximum absolute atomic E-state index is 11.8. The Labute approximate surface area is 166 Å². The summed E-state index contributed by atoms with van der Waals surface area (Å²) in [5.74, 6) is 1.16. The topological polar surface area (TPSA) is 65.6 Å². The SMILES string of the molecule is Cc1nn([C@@H]2CCS(=O)(=O)C2)c(C)c1C[NH+](C)CCOc1ccccc1Cl. The molecule has 2 aromatic rings. The van der Waals surface area contributed by atoms with E-state index in [9.17, 15) is 8.42 Å². The highest BCUT2D eigenvalue weighted by Crippen LogP contribution is 2.26. The van der Waals surface area contributed by atoms with Gasteiger partial charge in [-0.2, -0.15) is 5.10 Å². The number of likely N-dealkylation sites (N-methyl/N-ethyl adjacent to an activating group) is 1.